The smallest absolute Gasteiger partial charge is 0.406 e. The largest absolute Gasteiger partial charge is 0.573 e. The summed E-state index contributed by atoms with van der Waals surface area (Å²) in [6, 6.07) is 5.76. The third kappa shape index (κ3) is 5.09. The van der Waals surface area contributed by atoms with Crippen molar-refractivity contribution in [1.29, 1.82) is 5.26 Å². The molecule has 0 unspecified atom stereocenters. The van der Waals surface area contributed by atoms with Crippen molar-refractivity contribution in [2.45, 2.75) is 26.3 Å². The molecule has 11 heteroatoms. The lowest BCUT2D eigenvalue weighted by molar-refractivity contribution is -0.274. The topological polar surface area (TPSA) is 99.4 Å². The van der Waals surface area contributed by atoms with Crippen LogP contribution in [0.5, 0.6) is 5.75 Å². The summed E-state index contributed by atoms with van der Waals surface area (Å²) in [5, 5.41) is 8.86. The molecule has 1 saturated heterocycles. The minimum Gasteiger partial charge on any atom is -0.406 e. The number of carbonyl (C=O) groups is 2. The zero-order valence-electron chi connectivity index (χ0n) is 16.6. The lowest BCUT2D eigenvalue weighted by Gasteiger charge is -2.25. The number of anilines is 1. The fraction of sp³-hybridized carbons (Fsp3) is 0.350. The molecule has 0 bridgehead atoms. The summed E-state index contributed by atoms with van der Waals surface area (Å²) in [6.45, 7) is 3.67. The molecular formula is C20H18F3N5O3. The van der Waals surface area contributed by atoms with Gasteiger partial charge in [-0.25, -0.2) is 14.8 Å². The number of carbonyl (C=O) groups excluding carboxylic acids is 2. The van der Waals surface area contributed by atoms with E-state index in [9.17, 15) is 22.8 Å². The van der Waals surface area contributed by atoms with E-state index in [4.69, 9.17) is 5.26 Å². The molecule has 0 aliphatic carbocycles. The minimum atomic E-state index is -4.88. The number of nitrogens with zero attached hydrogens (tertiary/aromatic N) is 5. The molecule has 3 rings (SSSR count). The van der Waals surface area contributed by atoms with Gasteiger partial charge in [-0.3, -0.25) is 9.69 Å². The number of rotatable bonds is 6. The van der Waals surface area contributed by atoms with Crippen LogP contribution >= 0.6 is 0 Å². The van der Waals surface area contributed by atoms with Crippen molar-refractivity contribution in [3.05, 3.63) is 47.8 Å². The molecule has 162 valence electrons. The van der Waals surface area contributed by atoms with Gasteiger partial charge in [0.15, 0.2) is 5.78 Å². The van der Waals surface area contributed by atoms with Gasteiger partial charge < -0.3 is 9.64 Å². The zero-order valence-corrected chi connectivity index (χ0v) is 16.6. The van der Waals surface area contributed by atoms with Gasteiger partial charge in [0.05, 0.1) is 37.1 Å². The molecule has 0 spiro atoms. The molecule has 1 atom stereocenters. The van der Waals surface area contributed by atoms with Crippen LogP contribution in [0, 0.1) is 17.2 Å². The molecule has 31 heavy (non-hydrogen) atoms. The van der Waals surface area contributed by atoms with Crippen molar-refractivity contribution in [3.63, 3.8) is 0 Å². The monoisotopic (exact) mass is 433 g/mol. The highest BCUT2D eigenvalue weighted by Crippen LogP contribution is 2.27. The lowest BCUT2D eigenvalue weighted by Crippen LogP contribution is -2.41. The molecule has 0 N–H and O–H groups in total. The van der Waals surface area contributed by atoms with E-state index in [2.05, 4.69) is 14.7 Å². The van der Waals surface area contributed by atoms with E-state index in [0.29, 0.717) is 0 Å². The zero-order chi connectivity index (χ0) is 22.8. The average Bonchev–Trinajstić information content (AvgIpc) is 3.03. The van der Waals surface area contributed by atoms with E-state index in [1.807, 2.05) is 19.9 Å². The SMILES string of the molecule is CC(C)[C@H]1CN(c2ncc(C#N)cn2)C(=O)N1CC(=O)c1cccc(OC(F)(F)F)c1. The molecule has 1 aliphatic rings. The van der Waals surface area contributed by atoms with E-state index in [1.54, 1.807) is 0 Å². The number of alkyl halides is 3. The summed E-state index contributed by atoms with van der Waals surface area (Å²) in [4.78, 5) is 36.4. The Hall–Kier alpha value is -3.68. The molecule has 1 aromatic heterocycles. The van der Waals surface area contributed by atoms with Crippen LogP contribution in [-0.2, 0) is 0 Å². The van der Waals surface area contributed by atoms with E-state index in [0.717, 1.165) is 12.1 Å². The molecule has 0 radical (unpaired) electrons. The maximum Gasteiger partial charge on any atom is 0.573 e. The summed E-state index contributed by atoms with van der Waals surface area (Å²) in [7, 11) is 0. The number of Topliss-reactive ketones (excluding diaryl/α,β-unsaturated/α-hetero) is 1. The van der Waals surface area contributed by atoms with E-state index < -0.39 is 23.9 Å². The maximum atomic E-state index is 13.0. The van der Waals surface area contributed by atoms with Gasteiger partial charge in [-0.15, -0.1) is 13.2 Å². The van der Waals surface area contributed by atoms with Crippen molar-refractivity contribution in [2.24, 2.45) is 5.92 Å². The number of amides is 2. The minimum absolute atomic E-state index is 0.00914. The van der Waals surface area contributed by atoms with Crippen molar-refractivity contribution >= 4 is 17.8 Å². The molecule has 2 aromatic rings. The predicted molar refractivity (Wildman–Crippen MR) is 102 cm³/mol. The average molecular weight is 433 g/mol. The molecule has 1 aliphatic heterocycles. The summed E-state index contributed by atoms with van der Waals surface area (Å²) >= 11 is 0. The Bertz CT molecular complexity index is 1020. The fourth-order valence-electron chi connectivity index (χ4n) is 3.21. The second-order valence-corrected chi connectivity index (χ2v) is 7.21. The highest BCUT2D eigenvalue weighted by Gasteiger charge is 2.41. The van der Waals surface area contributed by atoms with E-state index in [1.165, 1.54) is 34.3 Å². The van der Waals surface area contributed by atoms with Crippen molar-refractivity contribution in [1.82, 2.24) is 14.9 Å². The first-order valence-corrected chi connectivity index (χ1v) is 9.28. The highest BCUT2D eigenvalue weighted by molar-refractivity contribution is 6.02. The van der Waals surface area contributed by atoms with Crippen LogP contribution in [0.4, 0.5) is 23.9 Å². The van der Waals surface area contributed by atoms with Crippen LogP contribution in [0.3, 0.4) is 0 Å². The number of hydrogen-bond acceptors (Lipinski definition) is 6. The second kappa shape index (κ2) is 8.59. The van der Waals surface area contributed by atoms with Gasteiger partial charge in [0.1, 0.15) is 11.8 Å². The van der Waals surface area contributed by atoms with Gasteiger partial charge in [0, 0.05) is 5.56 Å². The molecule has 2 heterocycles. The van der Waals surface area contributed by atoms with Crippen LogP contribution < -0.4 is 9.64 Å². The Morgan fingerprint density at radius 1 is 1.32 bits per heavy atom. The predicted octanol–water partition coefficient (Wildman–Crippen LogP) is 3.40. The Labute approximate surface area is 175 Å². The van der Waals surface area contributed by atoms with Gasteiger partial charge in [-0.05, 0) is 18.1 Å². The first-order valence-electron chi connectivity index (χ1n) is 9.28. The van der Waals surface area contributed by atoms with E-state index in [-0.39, 0.29) is 42.1 Å². The first kappa shape index (κ1) is 22.0. The summed E-state index contributed by atoms with van der Waals surface area (Å²) in [6.07, 6.45) is -2.29. The first-order chi connectivity index (χ1) is 14.6. The number of hydrogen-bond donors (Lipinski definition) is 0. The van der Waals surface area contributed by atoms with Gasteiger partial charge in [0.25, 0.3) is 0 Å². The number of nitriles is 1. The van der Waals surface area contributed by atoms with E-state index >= 15 is 0 Å². The Morgan fingerprint density at radius 3 is 2.58 bits per heavy atom. The third-order valence-electron chi connectivity index (χ3n) is 4.73. The Morgan fingerprint density at radius 2 is 2.00 bits per heavy atom. The van der Waals surface area contributed by atoms with Crippen molar-refractivity contribution in [3.8, 4) is 11.8 Å². The van der Waals surface area contributed by atoms with Crippen LogP contribution in [0.15, 0.2) is 36.7 Å². The van der Waals surface area contributed by atoms with Gasteiger partial charge in [0.2, 0.25) is 5.95 Å². The van der Waals surface area contributed by atoms with Crippen LogP contribution in [0.25, 0.3) is 0 Å². The molecule has 1 fully saturated rings. The molecule has 8 nitrogen and oxygen atoms in total. The van der Waals surface area contributed by atoms with Crippen LogP contribution in [-0.4, -0.2) is 52.2 Å². The number of halogens is 3. The number of ether oxygens (including phenoxy) is 1. The Balaban J connectivity index is 1.80. The maximum absolute atomic E-state index is 13.0. The summed E-state index contributed by atoms with van der Waals surface area (Å²) in [5.74, 6) is -0.960. The fourth-order valence-corrected chi connectivity index (χ4v) is 3.21. The van der Waals surface area contributed by atoms with Crippen molar-refractivity contribution in [2.75, 3.05) is 18.0 Å². The van der Waals surface area contributed by atoms with Crippen molar-refractivity contribution < 1.29 is 27.5 Å². The normalized spacial score (nSPS) is 16.5. The standard InChI is InChI=1S/C20H18F3N5O3/c1-12(2)16-10-28(18-25-8-13(7-24)9-26-18)19(30)27(16)11-17(29)14-4-3-5-15(6-14)31-20(21,22)23/h3-6,8-9,12,16H,10-11H2,1-2H3/t16-/m1/s1. The summed E-state index contributed by atoms with van der Waals surface area (Å²) in [5.41, 5.74) is 0.230. The number of ketones is 1. The third-order valence-corrected chi connectivity index (χ3v) is 4.73. The van der Waals surface area contributed by atoms with Gasteiger partial charge in [-0.2, -0.15) is 5.26 Å². The number of benzene rings is 1. The molecule has 1 aromatic carbocycles. The molecule has 0 saturated carbocycles. The van der Waals surface area contributed by atoms with Crippen LogP contribution in [0.2, 0.25) is 0 Å². The molecule has 2 amide bonds. The highest BCUT2D eigenvalue weighted by atomic mass is 19.4. The quantitative estimate of drug-likeness (QED) is 0.648. The van der Waals surface area contributed by atoms with Gasteiger partial charge >= 0.3 is 12.4 Å². The van der Waals surface area contributed by atoms with Gasteiger partial charge in [-0.1, -0.05) is 26.0 Å². The lowest BCUT2D eigenvalue weighted by atomic mass is 10.0. The molecular weight excluding hydrogens is 415 g/mol. The Kier molecular flexibility index (Phi) is 6.10. The summed E-state index contributed by atoms with van der Waals surface area (Å²) < 4.78 is 41.2. The second-order valence-electron chi connectivity index (χ2n) is 7.21. The number of aromatic nitrogens is 2. The number of urea groups is 1. The van der Waals surface area contributed by atoms with Crippen LogP contribution in [0.1, 0.15) is 29.8 Å².